The van der Waals surface area contributed by atoms with Crippen molar-refractivity contribution in [1.82, 2.24) is 20.1 Å². The van der Waals surface area contributed by atoms with E-state index < -0.39 is 9.84 Å². The van der Waals surface area contributed by atoms with Gasteiger partial charge in [0.1, 0.15) is 12.2 Å². The number of sulfone groups is 1. The Hall–Kier alpha value is -0.990. The summed E-state index contributed by atoms with van der Waals surface area (Å²) in [7, 11) is -1.33. The van der Waals surface area contributed by atoms with E-state index in [1.54, 1.807) is 18.7 Å². The van der Waals surface area contributed by atoms with Crippen LogP contribution in [-0.2, 0) is 27.7 Å². The van der Waals surface area contributed by atoms with E-state index in [0.717, 1.165) is 12.4 Å². The van der Waals surface area contributed by atoms with Crippen molar-refractivity contribution in [2.24, 2.45) is 0 Å². The maximum absolute atomic E-state index is 11.4. The first-order chi connectivity index (χ1) is 8.59. The van der Waals surface area contributed by atoms with Gasteiger partial charge in [0.2, 0.25) is 0 Å². The van der Waals surface area contributed by atoms with Gasteiger partial charge in [-0.15, -0.1) is 0 Å². The second kappa shape index (κ2) is 7.45. The highest BCUT2D eigenvalue weighted by Gasteiger charge is 2.10. The minimum atomic E-state index is -2.97. The van der Waals surface area contributed by atoms with E-state index in [1.165, 1.54) is 6.33 Å². The molecule has 0 fully saturated rings. The molecular weight excluding hydrogens is 256 g/mol. The van der Waals surface area contributed by atoms with Crippen LogP contribution < -0.4 is 5.32 Å². The van der Waals surface area contributed by atoms with Crippen molar-refractivity contribution in [3.63, 3.8) is 0 Å². The van der Waals surface area contributed by atoms with E-state index >= 15 is 0 Å². The fourth-order valence-corrected chi connectivity index (χ4v) is 2.10. The SMILES string of the molecule is CCS(=O)(=O)CCn1ncnc1CNCCOC. The van der Waals surface area contributed by atoms with Crippen LogP contribution in [0.2, 0.25) is 0 Å². The molecule has 8 heteroatoms. The molecule has 1 aromatic rings. The van der Waals surface area contributed by atoms with Crippen LogP contribution in [0.1, 0.15) is 12.7 Å². The van der Waals surface area contributed by atoms with Gasteiger partial charge < -0.3 is 10.1 Å². The standard InChI is InChI=1S/C10H20N4O3S/c1-3-18(15,16)7-5-14-10(12-9-13-14)8-11-4-6-17-2/h9,11H,3-8H2,1-2H3. The number of ether oxygens (including phenoxy) is 1. The van der Waals surface area contributed by atoms with Crippen LogP contribution in [0.25, 0.3) is 0 Å². The van der Waals surface area contributed by atoms with E-state index in [2.05, 4.69) is 15.4 Å². The largest absolute Gasteiger partial charge is 0.383 e. The molecular formula is C10H20N4O3S. The number of nitrogens with zero attached hydrogens (tertiary/aromatic N) is 3. The molecule has 1 aromatic heterocycles. The Balaban J connectivity index is 2.45. The third-order valence-electron chi connectivity index (χ3n) is 2.52. The van der Waals surface area contributed by atoms with Crippen molar-refractivity contribution in [3.8, 4) is 0 Å². The summed E-state index contributed by atoms with van der Waals surface area (Å²) >= 11 is 0. The molecule has 0 unspecified atom stereocenters. The first kappa shape index (κ1) is 15.1. The highest BCUT2D eigenvalue weighted by atomic mass is 32.2. The Morgan fingerprint density at radius 2 is 2.28 bits per heavy atom. The lowest BCUT2D eigenvalue weighted by Gasteiger charge is -2.07. The summed E-state index contributed by atoms with van der Waals surface area (Å²) < 4.78 is 29.4. The molecule has 0 aliphatic heterocycles. The Bertz CT molecular complexity index is 444. The molecule has 1 heterocycles. The van der Waals surface area contributed by atoms with Crippen molar-refractivity contribution >= 4 is 9.84 Å². The maximum Gasteiger partial charge on any atom is 0.151 e. The average molecular weight is 276 g/mol. The molecule has 0 aliphatic rings. The molecule has 0 aliphatic carbocycles. The number of hydrogen-bond donors (Lipinski definition) is 1. The van der Waals surface area contributed by atoms with Gasteiger partial charge in [-0.05, 0) is 0 Å². The van der Waals surface area contributed by atoms with Gasteiger partial charge in [-0.3, -0.25) is 0 Å². The third kappa shape index (κ3) is 5.11. The van der Waals surface area contributed by atoms with Crippen molar-refractivity contribution in [2.45, 2.75) is 20.0 Å². The van der Waals surface area contributed by atoms with Gasteiger partial charge in [-0.2, -0.15) is 5.10 Å². The molecule has 1 N–H and O–H groups in total. The Kier molecular flexibility index (Phi) is 6.23. The summed E-state index contributed by atoms with van der Waals surface area (Å²) in [5, 5.41) is 7.16. The molecule has 0 saturated carbocycles. The second-order valence-corrected chi connectivity index (χ2v) is 6.28. The fraction of sp³-hybridized carbons (Fsp3) is 0.800. The van der Waals surface area contributed by atoms with Crippen LogP contribution in [-0.4, -0.2) is 54.9 Å². The highest BCUT2D eigenvalue weighted by molar-refractivity contribution is 7.91. The highest BCUT2D eigenvalue weighted by Crippen LogP contribution is 1.97. The van der Waals surface area contributed by atoms with Crippen LogP contribution in [0.3, 0.4) is 0 Å². The van der Waals surface area contributed by atoms with E-state index in [4.69, 9.17) is 4.74 Å². The van der Waals surface area contributed by atoms with Crippen LogP contribution >= 0.6 is 0 Å². The quantitative estimate of drug-likeness (QED) is 0.609. The topological polar surface area (TPSA) is 86.1 Å². The molecule has 0 radical (unpaired) electrons. The van der Waals surface area contributed by atoms with Gasteiger partial charge in [0.05, 0.1) is 25.4 Å². The zero-order valence-electron chi connectivity index (χ0n) is 10.8. The number of rotatable bonds is 9. The van der Waals surface area contributed by atoms with E-state index in [1.807, 2.05) is 0 Å². The second-order valence-electron chi connectivity index (χ2n) is 3.81. The third-order valence-corrected chi connectivity index (χ3v) is 4.20. The molecule has 0 atom stereocenters. The molecule has 0 amide bonds. The number of aromatic nitrogens is 3. The Morgan fingerprint density at radius 1 is 1.50 bits per heavy atom. The van der Waals surface area contributed by atoms with Crippen LogP contribution in [0.5, 0.6) is 0 Å². The van der Waals surface area contributed by atoms with Crippen LogP contribution in [0.4, 0.5) is 0 Å². The summed E-state index contributed by atoms with van der Waals surface area (Å²) in [5.41, 5.74) is 0. The predicted octanol–water partition coefficient (Wildman–Crippen LogP) is -0.551. The molecule has 0 bridgehead atoms. The van der Waals surface area contributed by atoms with Gasteiger partial charge in [0.15, 0.2) is 9.84 Å². The van der Waals surface area contributed by atoms with E-state index in [0.29, 0.717) is 19.7 Å². The molecule has 0 aromatic carbocycles. The fourth-order valence-electron chi connectivity index (χ4n) is 1.36. The smallest absolute Gasteiger partial charge is 0.151 e. The minimum absolute atomic E-state index is 0.0952. The minimum Gasteiger partial charge on any atom is -0.383 e. The van der Waals surface area contributed by atoms with Crippen LogP contribution in [0.15, 0.2) is 6.33 Å². The zero-order valence-corrected chi connectivity index (χ0v) is 11.6. The van der Waals surface area contributed by atoms with Gasteiger partial charge in [0.25, 0.3) is 0 Å². The summed E-state index contributed by atoms with van der Waals surface area (Å²) in [6, 6.07) is 0. The van der Waals surface area contributed by atoms with Crippen molar-refractivity contribution in [2.75, 3.05) is 31.8 Å². The predicted molar refractivity (Wildman–Crippen MR) is 67.9 cm³/mol. The first-order valence-electron chi connectivity index (χ1n) is 5.86. The Morgan fingerprint density at radius 3 is 2.94 bits per heavy atom. The lowest BCUT2D eigenvalue weighted by molar-refractivity contribution is 0.198. The average Bonchev–Trinajstić information content (AvgIpc) is 2.80. The molecule has 7 nitrogen and oxygen atoms in total. The lowest BCUT2D eigenvalue weighted by Crippen LogP contribution is -2.23. The molecule has 104 valence electrons. The Labute approximate surface area is 107 Å². The number of nitrogens with one attached hydrogen (secondary N) is 1. The lowest BCUT2D eigenvalue weighted by atomic mass is 10.5. The molecule has 18 heavy (non-hydrogen) atoms. The van der Waals surface area contributed by atoms with Gasteiger partial charge in [-0.25, -0.2) is 18.1 Å². The van der Waals surface area contributed by atoms with Gasteiger partial charge >= 0.3 is 0 Å². The van der Waals surface area contributed by atoms with Crippen molar-refractivity contribution < 1.29 is 13.2 Å². The summed E-state index contributed by atoms with van der Waals surface area (Å²) in [6.07, 6.45) is 1.44. The number of aryl methyl sites for hydroxylation is 1. The summed E-state index contributed by atoms with van der Waals surface area (Å²) in [6.45, 7) is 3.88. The summed E-state index contributed by atoms with van der Waals surface area (Å²) in [4.78, 5) is 4.09. The molecule has 0 spiro atoms. The normalized spacial score (nSPS) is 11.9. The van der Waals surface area contributed by atoms with Crippen molar-refractivity contribution in [3.05, 3.63) is 12.2 Å². The number of hydrogen-bond acceptors (Lipinski definition) is 6. The zero-order chi connectivity index (χ0) is 13.4. The number of methoxy groups -OCH3 is 1. The van der Waals surface area contributed by atoms with E-state index in [-0.39, 0.29) is 11.5 Å². The van der Waals surface area contributed by atoms with Gasteiger partial charge in [0, 0.05) is 19.4 Å². The van der Waals surface area contributed by atoms with Crippen molar-refractivity contribution in [1.29, 1.82) is 0 Å². The van der Waals surface area contributed by atoms with Crippen LogP contribution in [0, 0.1) is 0 Å². The maximum atomic E-state index is 11.4. The first-order valence-corrected chi connectivity index (χ1v) is 7.68. The monoisotopic (exact) mass is 276 g/mol. The molecule has 0 saturated heterocycles. The van der Waals surface area contributed by atoms with E-state index in [9.17, 15) is 8.42 Å². The molecule has 1 rings (SSSR count). The van der Waals surface area contributed by atoms with Gasteiger partial charge in [-0.1, -0.05) is 6.92 Å². The summed E-state index contributed by atoms with van der Waals surface area (Å²) in [5.74, 6) is 0.985.